The number of ether oxygens (including phenoxy) is 1. The van der Waals surface area contributed by atoms with Crippen molar-refractivity contribution < 1.29 is 4.74 Å². The van der Waals surface area contributed by atoms with E-state index < -0.39 is 0 Å². The summed E-state index contributed by atoms with van der Waals surface area (Å²) in [6, 6.07) is 0. The number of rotatable bonds is 5. The van der Waals surface area contributed by atoms with Crippen LogP contribution in [0.1, 0.15) is 39.5 Å². The fourth-order valence-electron chi connectivity index (χ4n) is 3.09. The van der Waals surface area contributed by atoms with Crippen molar-refractivity contribution in [3.63, 3.8) is 0 Å². The second-order valence-electron chi connectivity index (χ2n) is 6.78. The molecule has 2 heterocycles. The van der Waals surface area contributed by atoms with Crippen LogP contribution in [0, 0.1) is 5.92 Å². The van der Waals surface area contributed by atoms with Crippen LogP contribution in [0.25, 0.3) is 0 Å². The summed E-state index contributed by atoms with van der Waals surface area (Å²) in [5.74, 6) is 1.79. The van der Waals surface area contributed by atoms with Crippen LogP contribution in [0.2, 0.25) is 0 Å². The van der Waals surface area contributed by atoms with Gasteiger partial charge in [0.1, 0.15) is 0 Å². The highest BCUT2D eigenvalue weighted by molar-refractivity contribution is 5.79. The number of aliphatic imine (C=N–C) groups is 1. The molecule has 0 radical (unpaired) electrons. The maximum atomic E-state index is 5.79. The lowest BCUT2D eigenvalue weighted by Gasteiger charge is -2.30. The Morgan fingerprint density at radius 2 is 2.10 bits per heavy atom. The zero-order chi connectivity index (χ0) is 15.1. The molecule has 0 spiro atoms. The van der Waals surface area contributed by atoms with Crippen molar-refractivity contribution in [1.82, 2.24) is 15.5 Å². The molecule has 0 bridgehead atoms. The largest absolute Gasteiger partial charge is 0.373 e. The van der Waals surface area contributed by atoms with Crippen LogP contribution >= 0.6 is 0 Å². The summed E-state index contributed by atoms with van der Waals surface area (Å²) in [5.41, 5.74) is -0.0272. The first-order valence-electron chi connectivity index (χ1n) is 8.42. The first-order valence-corrected chi connectivity index (χ1v) is 8.42. The highest BCUT2D eigenvalue weighted by Gasteiger charge is 2.29. The SMILES string of the molecule is CN=C(NCCN1CCC(C)CC1)NCC1(C)CCCO1. The molecule has 0 amide bonds. The van der Waals surface area contributed by atoms with Crippen molar-refractivity contribution in [2.45, 2.75) is 45.1 Å². The van der Waals surface area contributed by atoms with Gasteiger partial charge in [-0.25, -0.2) is 0 Å². The van der Waals surface area contributed by atoms with Crippen LogP contribution in [0.15, 0.2) is 4.99 Å². The molecule has 0 aromatic rings. The third kappa shape index (κ3) is 5.47. The minimum absolute atomic E-state index is 0.0272. The highest BCUT2D eigenvalue weighted by Crippen LogP contribution is 2.23. The maximum Gasteiger partial charge on any atom is 0.191 e. The van der Waals surface area contributed by atoms with E-state index in [1.54, 1.807) is 0 Å². The van der Waals surface area contributed by atoms with Gasteiger partial charge in [0.2, 0.25) is 0 Å². The van der Waals surface area contributed by atoms with Gasteiger partial charge in [0.05, 0.1) is 5.60 Å². The fourth-order valence-corrected chi connectivity index (χ4v) is 3.09. The molecular weight excluding hydrogens is 264 g/mol. The minimum atomic E-state index is -0.0272. The van der Waals surface area contributed by atoms with Crippen LogP contribution < -0.4 is 10.6 Å². The Kier molecular flexibility index (Phi) is 6.30. The van der Waals surface area contributed by atoms with Gasteiger partial charge in [0.25, 0.3) is 0 Å². The van der Waals surface area contributed by atoms with E-state index in [-0.39, 0.29) is 5.60 Å². The number of hydrogen-bond donors (Lipinski definition) is 2. The maximum absolute atomic E-state index is 5.79. The van der Waals surface area contributed by atoms with Gasteiger partial charge in [-0.2, -0.15) is 0 Å². The smallest absolute Gasteiger partial charge is 0.191 e. The first kappa shape index (κ1) is 16.6. The predicted octanol–water partition coefficient (Wildman–Crippen LogP) is 1.45. The molecule has 2 aliphatic heterocycles. The first-order chi connectivity index (χ1) is 10.1. The monoisotopic (exact) mass is 296 g/mol. The van der Waals surface area contributed by atoms with Crippen LogP contribution in [-0.2, 0) is 4.74 Å². The van der Waals surface area contributed by atoms with Crippen LogP contribution in [0.5, 0.6) is 0 Å². The van der Waals surface area contributed by atoms with Crippen molar-refractivity contribution in [2.75, 3.05) is 46.4 Å². The van der Waals surface area contributed by atoms with E-state index in [4.69, 9.17) is 4.74 Å². The lowest BCUT2D eigenvalue weighted by molar-refractivity contribution is 0.0243. The van der Waals surface area contributed by atoms with Gasteiger partial charge in [0.15, 0.2) is 5.96 Å². The van der Waals surface area contributed by atoms with E-state index in [2.05, 4.69) is 34.4 Å². The molecule has 5 nitrogen and oxygen atoms in total. The van der Waals surface area contributed by atoms with Gasteiger partial charge in [-0.3, -0.25) is 4.99 Å². The average Bonchev–Trinajstić information content (AvgIpc) is 2.92. The van der Waals surface area contributed by atoms with Crippen LogP contribution in [0.3, 0.4) is 0 Å². The minimum Gasteiger partial charge on any atom is -0.373 e. The number of hydrogen-bond acceptors (Lipinski definition) is 3. The van der Waals surface area contributed by atoms with Gasteiger partial charge in [0, 0.05) is 33.3 Å². The Morgan fingerprint density at radius 1 is 1.33 bits per heavy atom. The summed E-state index contributed by atoms with van der Waals surface area (Å²) in [4.78, 5) is 6.84. The topological polar surface area (TPSA) is 48.9 Å². The Labute approximate surface area is 129 Å². The number of nitrogens with zero attached hydrogens (tertiary/aromatic N) is 2. The quantitative estimate of drug-likeness (QED) is 0.595. The Bertz CT molecular complexity index is 331. The summed E-state index contributed by atoms with van der Waals surface area (Å²) in [7, 11) is 1.83. The Hall–Kier alpha value is -0.810. The molecule has 0 aromatic heterocycles. The van der Waals surface area contributed by atoms with Gasteiger partial charge in [-0.05, 0) is 51.6 Å². The van der Waals surface area contributed by atoms with E-state index in [9.17, 15) is 0 Å². The zero-order valence-electron chi connectivity index (χ0n) is 14.0. The standard InChI is InChI=1S/C16H32N4O/c1-14-5-9-20(10-6-14)11-8-18-15(17-3)19-13-16(2)7-4-12-21-16/h14H,4-13H2,1-3H3,(H2,17,18,19). The van der Waals surface area contributed by atoms with E-state index in [1.165, 1.54) is 25.9 Å². The molecule has 2 fully saturated rings. The van der Waals surface area contributed by atoms with Crippen LogP contribution in [0.4, 0.5) is 0 Å². The number of likely N-dealkylation sites (tertiary alicyclic amines) is 1. The molecule has 0 aromatic carbocycles. The van der Waals surface area contributed by atoms with Crippen molar-refractivity contribution in [3.8, 4) is 0 Å². The fraction of sp³-hybridized carbons (Fsp3) is 0.938. The molecule has 5 heteroatoms. The third-order valence-corrected chi connectivity index (χ3v) is 4.75. The summed E-state index contributed by atoms with van der Waals surface area (Å²) in [6.45, 7) is 10.8. The summed E-state index contributed by atoms with van der Waals surface area (Å²) >= 11 is 0. The molecule has 122 valence electrons. The third-order valence-electron chi connectivity index (χ3n) is 4.75. The molecule has 1 unspecified atom stereocenters. The second kappa shape index (κ2) is 7.99. The highest BCUT2D eigenvalue weighted by atomic mass is 16.5. The molecular formula is C16H32N4O. The number of nitrogens with one attached hydrogen (secondary N) is 2. The molecule has 2 aliphatic rings. The van der Waals surface area contributed by atoms with Gasteiger partial charge >= 0.3 is 0 Å². The van der Waals surface area contributed by atoms with E-state index >= 15 is 0 Å². The van der Waals surface area contributed by atoms with Crippen molar-refractivity contribution in [3.05, 3.63) is 0 Å². The molecule has 1 atom stereocenters. The normalized spacial score (nSPS) is 28.8. The van der Waals surface area contributed by atoms with Crippen molar-refractivity contribution in [1.29, 1.82) is 0 Å². The van der Waals surface area contributed by atoms with Gasteiger partial charge in [-0.1, -0.05) is 6.92 Å². The summed E-state index contributed by atoms with van der Waals surface area (Å²) in [5, 5.41) is 6.80. The summed E-state index contributed by atoms with van der Waals surface area (Å²) in [6.07, 6.45) is 4.96. The zero-order valence-corrected chi connectivity index (χ0v) is 14.0. The molecule has 2 N–H and O–H groups in total. The molecule has 0 aliphatic carbocycles. The van der Waals surface area contributed by atoms with Crippen molar-refractivity contribution in [2.24, 2.45) is 10.9 Å². The van der Waals surface area contributed by atoms with Crippen LogP contribution in [-0.4, -0.2) is 62.8 Å². The summed E-state index contributed by atoms with van der Waals surface area (Å²) < 4.78 is 5.79. The number of piperidine rings is 1. The molecule has 0 saturated carbocycles. The molecule has 2 saturated heterocycles. The van der Waals surface area contributed by atoms with Crippen molar-refractivity contribution >= 4 is 5.96 Å². The van der Waals surface area contributed by atoms with E-state index in [0.29, 0.717) is 0 Å². The number of guanidine groups is 1. The lowest BCUT2D eigenvalue weighted by Crippen LogP contribution is -2.47. The lowest BCUT2D eigenvalue weighted by atomic mass is 9.99. The molecule has 21 heavy (non-hydrogen) atoms. The van der Waals surface area contributed by atoms with Gasteiger partial charge in [-0.15, -0.1) is 0 Å². The second-order valence-corrected chi connectivity index (χ2v) is 6.78. The van der Waals surface area contributed by atoms with Gasteiger partial charge < -0.3 is 20.3 Å². The molecule has 2 rings (SSSR count). The Balaban J connectivity index is 1.61. The Morgan fingerprint density at radius 3 is 2.71 bits per heavy atom. The predicted molar refractivity (Wildman–Crippen MR) is 87.8 cm³/mol. The van der Waals surface area contributed by atoms with E-state index in [1.807, 2.05) is 7.05 Å². The van der Waals surface area contributed by atoms with E-state index in [0.717, 1.165) is 51.0 Å². The average molecular weight is 296 g/mol.